The van der Waals surface area contributed by atoms with E-state index >= 15 is 0 Å². The Kier molecular flexibility index (Phi) is 8.07. The summed E-state index contributed by atoms with van der Waals surface area (Å²) in [6.45, 7) is 7.72. The second kappa shape index (κ2) is 9.28. The van der Waals surface area contributed by atoms with Crippen LogP contribution in [0.25, 0.3) is 0 Å². The molecule has 22 heavy (non-hydrogen) atoms. The molecular formula is C17H30O5. The molecular weight excluding hydrogens is 284 g/mol. The smallest absolute Gasteiger partial charge is 0.330 e. The van der Waals surface area contributed by atoms with E-state index in [0.717, 1.165) is 32.1 Å². The molecule has 1 heterocycles. The maximum absolute atomic E-state index is 11.4. The Labute approximate surface area is 133 Å². The van der Waals surface area contributed by atoms with Gasteiger partial charge in [-0.1, -0.05) is 19.3 Å². The van der Waals surface area contributed by atoms with Gasteiger partial charge in [-0.05, 0) is 46.6 Å². The fourth-order valence-corrected chi connectivity index (χ4v) is 2.58. The van der Waals surface area contributed by atoms with Gasteiger partial charge in [-0.15, -0.1) is 0 Å². The van der Waals surface area contributed by atoms with E-state index in [9.17, 15) is 9.90 Å². The molecule has 1 aliphatic heterocycles. The third kappa shape index (κ3) is 7.38. The van der Waals surface area contributed by atoms with Crippen molar-refractivity contribution in [2.24, 2.45) is 0 Å². The second-order valence-electron chi connectivity index (χ2n) is 6.24. The lowest BCUT2D eigenvalue weighted by atomic mass is 10.0. The van der Waals surface area contributed by atoms with Crippen LogP contribution in [0.5, 0.6) is 0 Å². The van der Waals surface area contributed by atoms with Crippen LogP contribution in [-0.4, -0.2) is 41.8 Å². The summed E-state index contributed by atoms with van der Waals surface area (Å²) in [4.78, 5) is 11.4. The highest BCUT2D eigenvalue weighted by Crippen LogP contribution is 2.31. The highest BCUT2D eigenvalue weighted by atomic mass is 16.7. The topological polar surface area (TPSA) is 65.0 Å². The Bertz CT molecular complexity index is 362. The Morgan fingerprint density at radius 2 is 2.05 bits per heavy atom. The molecule has 1 N–H and O–H groups in total. The standard InChI is InChI=1S/C17H30O5/c1-5-20-16(19)12-11-15-14(21-17(3,4)22-15)10-8-6-7-9-13(2)18/h11-15,18H,5-10H2,1-4H3/b12-11+/t13-,14+,15-/m1/s1. The van der Waals surface area contributed by atoms with Crippen LogP contribution in [0.2, 0.25) is 0 Å². The summed E-state index contributed by atoms with van der Waals surface area (Å²) < 4.78 is 16.6. The minimum Gasteiger partial charge on any atom is -0.463 e. The summed E-state index contributed by atoms with van der Waals surface area (Å²) >= 11 is 0. The number of aliphatic hydroxyl groups is 1. The molecule has 5 heteroatoms. The molecule has 1 fully saturated rings. The number of esters is 1. The summed E-state index contributed by atoms with van der Waals surface area (Å²) in [6.07, 6.45) is 7.43. The maximum Gasteiger partial charge on any atom is 0.330 e. The van der Waals surface area contributed by atoms with E-state index in [1.165, 1.54) is 6.08 Å². The zero-order chi connectivity index (χ0) is 16.6. The van der Waals surface area contributed by atoms with Gasteiger partial charge in [-0.3, -0.25) is 0 Å². The van der Waals surface area contributed by atoms with Gasteiger partial charge in [0.15, 0.2) is 5.79 Å². The summed E-state index contributed by atoms with van der Waals surface area (Å²) in [6, 6.07) is 0. The predicted octanol–water partition coefficient (Wildman–Crippen LogP) is 2.96. The van der Waals surface area contributed by atoms with Crippen LogP contribution in [-0.2, 0) is 19.0 Å². The lowest BCUT2D eigenvalue weighted by molar-refractivity contribution is -0.144. The van der Waals surface area contributed by atoms with Crippen LogP contribution in [0.1, 0.15) is 59.8 Å². The Balaban J connectivity index is 2.42. The molecule has 0 amide bonds. The minimum absolute atomic E-state index is 0.0489. The third-order valence-electron chi connectivity index (χ3n) is 3.54. The molecule has 128 valence electrons. The summed E-state index contributed by atoms with van der Waals surface area (Å²) in [5, 5.41) is 9.24. The van der Waals surface area contributed by atoms with E-state index in [4.69, 9.17) is 14.2 Å². The van der Waals surface area contributed by atoms with E-state index in [1.54, 1.807) is 13.0 Å². The van der Waals surface area contributed by atoms with Crippen molar-refractivity contribution in [2.75, 3.05) is 6.61 Å². The highest BCUT2D eigenvalue weighted by Gasteiger charge is 2.39. The lowest BCUT2D eigenvalue weighted by Gasteiger charge is -2.16. The maximum atomic E-state index is 11.4. The number of hydrogen-bond acceptors (Lipinski definition) is 5. The monoisotopic (exact) mass is 314 g/mol. The molecule has 0 aliphatic carbocycles. The number of unbranched alkanes of at least 4 members (excludes halogenated alkanes) is 2. The molecule has 0 radical (unpaired) electrons. The van der Waals surface area contributed by atoms with E-state index < -0.39 is 5.79 Å². The van der Waals surface area contributed by atoms with Crippen molar-refractivity contribution in [3.8, 4) is 0 Å². The molecule has 1 aliphatic rings. The van der Waals surface area contributed by atoms with Crippen molar-refractivity contribution in [3.63, 3.8) is 0 Å². The Morgan fingerprint density at radius 3 is 2.68 bits per heavy atom. The minimum atomic E-state index is -0.631. The first-order valence-corrected chi connectivity index (χ1v) is 8.22. The largest absolute Gasteiger partial charge is 0.463 e. The molecule has 0 spiro atoms. The average Bonchev–Trinajstić information content (AvgIpc) is 2.70. The summed E-state index contributed by atoms with van der Waals surface area (Å²) in [7, 11) is 0. The summed E-state index contributed by atoms with van der Waals surface area (Å²) in [5.74, 6) is -0.986. The second-order valence-corrected chi connectivity index (χ2v) is 6.24. The molecule has 0 saturated carbocycles. The first kappa shape index (κ1) is 19.1. The quantitative estimate of drug-likeness (QED) is 0.403. The number of carbonyl (C=O) groups is 1. The van der Waals surface area contributed by atoms with Crippen molar-refractivity contribution in [3.05, 3.63) is 12.2 Å². The van der Waals surface area contributed by atoms with Crippen molar-refractivity contribution < 1.29 is 24.1 Å². The van der Waals surface area contributed by atoms with Crippen molar-refractivity contribution >= 4 is 5.97 Å². The van der Waals surface area contributed by atoms with Crippen LogP contribution < -0.4 is 0 Å². The van der Waals surface area contributed by atoms with Gasteiger partial charge in [0.1, 0.15) is 6.10 Å². The van der Waals surface area contributed by atoms with Gasteiger partial charge >= 0.3 is 5.97 Å². The Hall–Kier alpha value is -0.910. The van der Waals surface area contributed by atoms with E-state index in [2.05, 4.69) is 0 Å². The first-order chi connectivity index (χ1) is 10.3. The Morgan fingerprint density at radius 1 is 1.32 bits per heavy atom. The molecule has 5 nitrogen and oxygen atoms in total. The van der Waals surface area contributed by atoms with Gasteiger partial charge < -0.3 is 19.3 Å². The van der Waals surface area contributed by atoms with Crippen LogP contribution in [0.3, 0.4) is 0 Å². The van der Waals surface area contributed by atoms with Gasteiger partial charge in [0.2, 0.25) is 0 Å². The third-order valence-corrected chi connectivity index (χ3v) is 3.54. The van der Waals surface area contributed by atoms with Crippen molar-refractivity contribution in [1.82, 2.24) is 0 Å². The van der Waals surface area contributed by atoms with Gasteiger partial charge in [0.05, 0.1) is 18.8 Å². The van der Waals surface area contributed by atoms with E-state index in [1.807, 2.05) is 20.8 Å². The van der Waals surface area contributed by atoms with Gasteiger partial charge in [0.25, 0.3) is 0 Å². The van der Waals surface area contributed by atoms with Crippen LogP contribution >= 0.6 is 0 Å². The lowest BCUT2D eigenvalue weighted by Crippen LogP contribution is -2.21. The highest BCUT2D eigenvalue weighted by molar-refractivity contribution is 5.81. The summed E-state index contributed by atoms with van der Waals surface area (Å²) in [5.41, 5.74) is 0. The molecule has 1 saturated heterocycles. The molecule has 3 atom stereocenters. The fourth-order valence-electron chi connectivity index (χ4n) is 2.58. The first-order valence-electron chi connectivity index (χ1n) is 8.22. The average molecular weight is 314 g/mol. The molecule has 0 aromatic heterocycles. The van der Waals surface area contributed by atoms with Crippen molar-refractivity contribution in [2.45, 2.75) is 83.9 Å². The van der Waals surface area contributed by atoms with Gasteiger partial charge in [0, 0.05) is 6.08 Å². The molecule has 0 unspecified atom stereocenters. The molecule has 0 bridgehead atoms. The number of carbonyl (C=O) groups excluding carboxylic acids is 1. The molecule has 0 aromatic carbocycles. The number of aliphatic hydroxyl groups excluding tert-OH is 1. The van der Waals surface area contributed by atoms with Crippen molar-refractivity contribution in [1.29, 1.82) is 0 Å². The molecule has 0 aromatic rings. The zero-order valence-electron chi connectivity index (χ0n) is 14.2. The number of rotatable bonds is 9. The molecule has 1 rings (SSSR count). The number of hydrogen-bond donors (Lipinski definition) is 1. The van der Waals surface area contributed by atoms with Gasteiger partial charge in [-0.2, -0.15) is 0 Å². The van der Waals surface area contributed by atoms with Crippen LogP contribution in [0.15, 0.2) is 12.2 Å². The van der Waals surface area contributed by atoms with Gasteiger partial charge in [-0.25, -0.2) is 4.79 Å². The van der Waals surface area contributed by atoms with Crippen LogP contribution in [0.4, 0.5) is 0 Å². The number of ether oxygens (including phenoxy) is 3. The predicted molar refractivity (Wildman–Crippen MR) is 84.4 cm³/mol. The fraction of sp³-hybridized carbons (Fsp3) is 0.824. The van der Waals surface area contributed by atoms with E-state index in [-0.39, 0.29) is 24.3 Å². The van der Waals surface area contributed by atoms with Crippen LogP contribution in [0, 0.1) is 0 Å². The normalized spacial score (nSPS) is 25.5. The zero-order valence-corrected chi connectivity index (χ0v) is 14.2. The van der Waals surface area contributed by atoms with E-state index in [0.29, 0.717) is 6.61 Å². The SMILES string of the molecule is CCOC(=O)/C=C/[C@H]1OC(C)(C)O[C@H]1CCCCC[C@@H](C)O.